The van der Waals surface area contributed by atoms with Gasteiger partial charge in [-0.05, 0) is 53.2 Å². The molecule has 2 aromatic rings. The van der Waals surface area contributed by atoms with Gasteiger partial charge >= 0.3 is 7.12 Å². The van der Waals surface area contributed by atoms with Crippen molar-refractivity contribution in [3.05, 3.63) is 41.7 Å². The molecule has 0 N–H and O–H groups in total. The third-order valence-corrected chi connectivity index (χ3v) is 4.81. The molecule has 1 aliphatic rings. The lowest BCUT2D eigenvalue weighted by atomic mass is 9.79. The second-order valence-electron chi connectivity index (χ2n) is 6.99. The van der Waals surface area contributed by atoms with E-state index in [1.807, 2.05) is 29.9 Å². The van der Waals surface area contributed by atoms with Crippen LogP contribution in [0.5, 0.6) is 0 Å². The summed E-state index contributed by atoms with van der Waals surface area (Å²) in [5.74, 6) is 0. The molecule has 3 rings (SSSR count). The van der Waals surface area contributed by atoms with E-state index in [1.54, 1.807) is 0 Å². The maximum atomic E-state index is 6.13. The summed E-state index contributed by atoms with van der Waals surface area (Å²) in [5, 5.41) is 4.64. The van der Waals surface area contributed by atoms with E-state index in [0.29, 0.717) is 0 Å². The SMILES string of the molecule is Cc1ccccc1-n1cc(B2OC(C)(C)C(C)(C)O2)c(C)n1. The van der Waals surface area contributed by atoms with Crippen LogP contribution in [0.4, 0.5) is 0 Å². The molecular formula is C17H23BN2O2. The second-order valence-corrected chi connectivity index (χ2v) is 6.99. The summed E-state index contributed by atoms with van der Waals surface area (Å²) >= 11 is 0. The maximum Gasteiger partial charge on any atom is 0.498 e. The summed E-state index contributed by atoms with van der Waals surface area (Å²) in [6, 6.07) is 8.20. The summed E-state index contributed by atoms with van der Waals surface area (Å²) in [6.45, 7) is 12.3. The minimum Gasteiger partial charge on any atom is -0.399 e. The fourth-order valence-electron chi connectivity index (χ4n) is 2.62. The minimum atomic E-state index is -0.372. The Morgan fingerprint density at radius 1 is 1.00 bits per heavy atom. The van der Waals surface area contributed by atoms with Gasteiger partial charge in [0.25, 0.3) is 0 Å². The van der Waals surface area contributed by atoms with Crippen molar-refractivity contribution in [1.82, 2.24) is 9.78 Å². The molecule has 0 atom stereocenters. The monoisotopic (exact) mass is 298 g/mol. The number of hydrogen-bond donors (Lipinski definition) is 0. The zero-order valence-corrected chi connectivity index (χ0v) is 14.2. The Labute approximate surface area is 132 Å². The predicted molar refractivity (Wildman–Crippen MR) is 88.8 cm³/mol. The number of nitrogens with zero attached hydrogens (tertiary/aromatic N) is 2. The molecule has 0 radical (unpaired) electrons. The van der Waals surface area contributed by atoms with Crippen LogP contribution in [0, 0.1) is 13.8 Å². The lowest BCUT2D eigenvalue weighted by Gasteiger charge is -2.32. The van der Waals surface area contributed by atoms with Crippen LogP contribution in [-0.4, -0.2) is 28.1 Å². The van der Waals surface area contributed by atoms with Crippen molar-refractivity contribution in [2.75, 3.05) is 0 Å². The van der Waals surface area contributed by atoms with Crippen molar-refractivity contribution >= 4 is 12.6 Å². The molecule has 1 aliphatic heterocycles. The third-order valence-electron chi connectivity index (χ3n) is 4.81. The van der Waals surface area contributed by atoms with E-state index in [0.717, 1.165) is 16.8 Å². The molecule has 1 saturated heterocycles. The average Bonchev–Trinajstić information content (AvgIpc) is 2.88. The van der Waals surface area contributed by atoms with Gasteiger partial charge in [0, 0.05) is 11.7 Å². The Kier molecular flexibility index (Phi) is 3.46. The van der Waals surface area contributed by atoms with Crippen molar-refractivity contribution < 1.29 is 9.31 Å². The summed E-state index contributed by atoms with van der Waals surface area (Å²) in [4.78, 5) is 0. The highest BCUT2D eigenvalue weighted by Gasteiger charge is 2.52. The Bertz CT molecular complexity index is 690. The second kappa shape index (κ2) is 4.96. The molecule has 0 bridgehead atoms. The maximum absolute atomic E-state index is 6.13. The lowest BCUT2D eigenvalue weighted by Crippen LogP contribution is -2.41. The van der Waals surface area contributed by atoms with E-state index in [4.69, 9.17) is 9.31 Å². The molecule has 1 aromatic carbocycles. The van der Waals surface area contributed by atoms with Gasteiger partial charge in [0.05, 0.1) is 22.6 Å². The molecule has 0 amide bonds. The molecule has 116 valence electrons. The van der Waals surface area contributed by atoms with Crippen LogP contribution < -0.4 is 5.46 Å². The number of aryl methyl sites for hydroxylation is 2. The topological polar surface area (TPSA) is 36.3 Å². The first-order valence-electron chi connectivity index (χ1n) is 7.69. The first kappa shape index (κ1) is 15.3. The van der Waals surface area contributed by atoms with Crippen molar-refractivity contribution in [1.29, 1.82) is 0 Å². The van der Waals surface area contributed by atoms with Gasteiger partial charge in [-0.15, -0.1) is 0 Å². The van der Waals surface area contributed by atoms with E-state index >= 15 is 0 Å². The smallest absolute Gasteiger partial charge is 0.399 e. The van der Waals surface area contributed by atoms with E-state index in [2.05, 4.69) is 51.9 Å². The molecule has 5 heteroatoms. The first-order valence-corrected chi connectivity index (χ1v) is 7.69. The number of benzene rings is 1. The fourth-order valence-corrected chi connectivity index (χ4v) is 2.62. The summed E-state index contributed by atoms with van der Waals surface area (Å²) in [5.41, 5.74) is 3.51. The quantitative estimate of drug-likeness (QED) is 0.800. The number of rotatable bonds is 2. The van der Waals surface area contributed by atoms with Gasteiger partial charge in [-0.25, -0.2) is 4.68 Å². The Morgan fingerprint density at radius 3 is 2.18 bits per heavy atom. The first-order chi connectivity index (χ1) is 10.2. The van der Waals surface area contributed by atoms with Crippen molar-refractivity contribution in [2.45, 2.75) is 52.7 Å². The summed E-state index contributed by atoms with van der Waals surface area (Å²) < 4.78 is 14.2. The van der Waals surface area contributed by atoms with Crippen molar-refractivity contribution in [3.8, 4) is 5.69 Å². The highest BCUT2D eigenvalue weighted by atomic mass is 16.7. The molecular weight excluding hydrogens is 275 g/mol. The third kappa shape index (κ3) is 2.38. The van der Waals surface area contributed by atoms with E-state index in [-0.39, 0.29) is 18.3 Å². The van der Waals surface area contributed by atoms with Crippen LogP contribution in [0.1, 0.15) is 39.0 Å². The van der Waals surface area contributed by atoms with E-state index < -0.39 is 0 Å². The Hall–Kier alpha value is -1.59. The highest BCUT2D eigenvalue weighted by Crippen LogP contribution is 2.36. The van der Waals surface area contributed by atoms with E-state index in [1.165, 1.54) is 5.56 Å². The summed E-state index contributed by atoms with van der Waals surface area (Å²) in [6.07, 6.45) is 2.01. The Balaban J connectivity index is 1.97. The zero-order chi connectivity index (χ0) is 16.1. The van der Waals surface area contributed by atoms with Gasteiger partial charge in [-0.3, -0.25) is 0 Å². The molecule has 0 unspecified atom stereocenters. The molecule has 0 saturated carbocycles. The molecule has 1 aromatic heterocycles. The van der Waals surface area contributed by atoms with Crippen LogP contribution in [0.25, 0.3) is 5.69 Å². The normalized spacial score (nSPS) is 19.6. The van der Waals surface area contributed by atoms with Crippen LogP contribution in [0.3, 0.4) is 0 Å². The van der Waals surface area contributed by atoms with Gasteiger partial charge < -0.3 is 9.31 Å². The average molecular weight is 298 g/mol. The molecule has 2 heterocycles. The molecule has 1 fully saturated rings. The van der Waals surface area contributed by atoms with Crippen LogP contribution in [-0.2, 0) is 9.31 Å². The van der Waals surface area contributed by atoms with Crippen LogP contribution >= 0.6 is 0 Å². The largest absolute Gasteiger partial charge is 0.498 e. The molecule has 0 aliphatic carbocycles. The van der Waals surface area contributed by atoms with Crippen LogP contribution in [0.2, 0.25) is 0 Å². The van der Waals surface area contributed by atoms with Gasteiger partial charge in [0.1, 0.15) is 0 Å². The number of para-hydroxylation sites is 1. The zero-order valence-electron chi connectivity index (χ0n) is 14.2. The lowest BCUT2D eigenvalue weighted by molar-refractivity contribution is 0.00578. The van der Waals surface area contributed by atoms with Gasteiger partial charge in [-0.1, -0.05) is 18.2 Å². The van der Waals surface area contributed by atoms with E-state index in [9.17, 15) is 0 Å². The standard InChI is InChI=1S/C17H23BN2O2/c1-12-9-7-8-10-15(12)20-11-14(13(2)19-20)18-21-16(3,4)17(5,6)22-18/h7-11H,1-6H3. The van der Waals surface area contributed by atoms with Gasteiger partial charge in [0.2, 0.25) is 0 Å². The number of aromatic nitrogens is 2. The van der Waals surface area contributed by atoms with Crippen molar-refractivity contribution in [2.24, 2.45) is 0 Å². The highest BCUT2D eigenvalue weighted by molar-refractivity contribution is 6.62. The van der Waals surface area contributed by atoms with Crippen LogP contribution in [0.15, 0.2) is 30.5 Å². The van der Waals surface area contributed by atoms with Gasteiger partial charge in [-0.2, -0.15) is 5.10 Å². The van der Waals surface area contributed by atoms with Gasteiger partial charge in [0.15, 0.2) is 0 Å². The number of hydrogen-bond acceptors (Lipinski definition) is 3. The fraction of sp³-hybridized carbons (Fsp3) is 0.471. The predicted octanol–water partition coefficient (Wildman–Crippen LogP) is 2.79. The molecule has 4 nitrogen and oxygen atoms in total. The summed E-state index contributed by atoms with van der Waals surface area (Å²) in [7, 11) is -0.372. The molecule has 0 spiro atoms. The molecule has 22 heavy (non-hydrogen) atoms. The minimum absolute atomic E-state index is 0.338. The Morgan fingerprint density at radius 2 is 1.59 bits per heavy atom. The van der Waals surface area contributed by atoms with Crippen molar-refractivity contribution in [3.63, 3.8) is 0 Å².